The van der Waals surface area contributed by atoms with Gasteiger partial charge in [0.25, 0.3) is 11.5 Å². The molecule has 9 N–H and O–H groups in total. The highest BCUT2D eigenvalue weighted by Crippen LogP contribution is 2.57. The average Bonchev–Trinajstić information content (AvgIpc) is 3.66. The van der Waals surface area contributed by atoms with Gasteiger partial charge >= 0.3 is 39.0 Å². The second-order valence-electron chi connectivity index (χ2n) is 15.6. The minimum Gasteiger partial charge on any atom is -0.462 e. The molecule has 0 spiro atoms. The lowest BCUT2D eigenvalue weighted by molar-refractivity contribution is -0.745. The zero-order chi connectivity index (χ0) is 46.2. The van der Waals surface area contributed by atoms with Gasteiger partial charge in [0.2, 0.25) is 17.7 Å². The zero-order valence-corrected chi connectivity index (χ0v) is 36.5. The van der Waals surface area contributed by atoms with Crippen LogP contribution in [0.5, 0.6) is 0 Å². The van der Waals surface area contributed by atoms with E-state index in [9.17, 15) is 43.1 Å². The predicted octanol–water partition coefficient (Wildman–Crippen LogP) is 0.683. The number of phosphoric acid groups is 2. The molecule has 25 nitrogen and oxygen atoms in total. The van der Waals surface area contributed by atoms with Crippen LogP contribution >= 0.6 is 15.6 Å². The number of rotatable bonds is 16. The van der Waals surface area contributed by atoms with Crippen molar-refractivity contribution in [2.75, 3.05) is 43.5 Å². The quantitative estimate of drug-likeness (QED) is 0.0252. The Balaban J connectivity index is 1.05. The maximum absolute atomic E-state index is 13.0. The second kappa shape index (κ2) is 18.5. The molecule has 0 radical (unpaired) electrons. The Labute approximate surface area is 357 Å². The summed E-state index contributed by atoms with van der Waals surface area (Å²) in [5.74, 6) is -1.23. The van der Waals surface area contributed by atoms with E-state index in [1.165, 1.54) is 28.6 Å². The van der Waals surface area contributed by atoms with E-state index in [1.807, 2.05) is 6.07 Å². The second-order valence-corrected chi connectivity index (χ2v) is 18.4. The number of H-pyrrole nitrogens is 1. The molecule has 4 aromatic rings. The van der Waals surface area contributed by atoms with Gasteiger partial charge in [0.05, 0.1) is 20.3 Å². The highest BCUT2D eigenvalue weighted by molar-refractivity contribution is 7.60. The molecule has 0 saturated carbocycles. The number of phosphoric ester groups is 1. The van der Waals surface area contributed by atoms with Crippen molar-refractivity contribution in [2.45, 2.75) is 83.0 Å². The van der Waals surface area contributed by atoms with Crippen LogP contribution in [0.4, 0.5) is 16.4 Å². The number of benzene rings is 1. The molecule has 2 amide bonds. The Morgan fingerprint density at radius 2 is 1.84 bits per heavy atom. The highest BCUT2D eigenvalue weighted by atomic mass is 31.3. The molecule has 5 heterocycles. The molecule has 3 aromatic heterocycles. The van der Waals surface area contributed by atoms with Gasteiger partial charge in [-0.1, -0.05) is 11.9 Å². The van der Waals surface area contributed by atoms with Gasteiger partial charge in [-0.2, -0.15) is 4.31 Å². The van der Waals surface area contributed by atoms with E-state index >= 15 is 0 Å². The Morgan fingerprint density at radius 3 is 2.54 bits per heavy atom. The summed E-state index contributed by atoms with van der Waals surface area (Å²) in [6.07, 6.45) is -4.96. The van der Waals surface area contributed by atoms with Gasteiger partial charge in [0.1, 0.15) is 17.3 Å². The normalized spacial score (nSPS) is 21.8. The Bertz CT molecular complexity index is 2630. The number of alkyl carbamates (subject to hydrolysis) is 1. The number of hydrogen-bond donors (Lipinski definition) is 8. The van der Waals surface area contributed by atoms with E-state index < -0.39 is 70.0 Å². The van der Waals surface area contributed by atoms with Crippen molar-refractivity contribution in [3.63, 3.8) is 0 Å². The number of aliphatic hydroxyl groups excluding tert-OH is 1. The number of carbonyl (C=O) groups excluding carboxylic acids is 3. The van der Waals surface area contributed by atoms with Crippen molar-refractivity contribution in [1.29, 1.82) is 0 Å². The number of nitrogen functional groups attached to an aromatic ring is 1. The van der Waals surface area contributed by atoms with Crippen LogP contribution in [0, 0.1) is 0 Å². The number of aryl methyl sites for hydroxylation is 1. The van der Waals surface area contributed by atoms with Crippen molar-refractivity contribution in [3.8, 4) is 0 Å². The third-order valence-electron chi connectivity index (χ3n) is 10.5. The fourth-order valence-electron chi connectivity index (χ4n) is 7.90. The number of carbonyl (C=O) groups is 3. The van der Waals surface area contributed by atoms with E-state index in [1.54, 1.807) is 13.0 Å². The third kappa shape index (κ3) is 10.8. The molecule has 2 aliphatic rings. The van der Waals surface area contributed by atoms with Gasteiger partial charge in [-0.05, 0) is 57.2 Å². The number of aromatic nitrogens is 4. The number of fused-ring (bicyclic) bond motifs is 3. The van der Waals surface area contributed by atoms with E-state index in [-0.39, 0.29) is 66.2 Å². The fourth-order valence-corrected chi connectivity index (χ4v) is 9.50. The highest BCUT2D eigenvalue weighted by Gasteiger charge is 2.51. The lowest BCUT2D eigenvalue weighted by atomic mass is 9.79. The molecule has 1 saturated heterocycles. The van der Waals surface area contributed by atoms with Crippen molar-refractivity contribution in [3.05, 3.63) is 56.4 Å². The van der Waals surface area contributed by atoms with E-state index in [2.05, 4.69) is 50.6 Å². The molecule has 6 atom stereocenters. The largest absolute Gasteiger partial charge is 0.481 e. The molecular weight excluding hydrogens is 878 g/mol. The van der Waals surface area contributed by atoms with E-state index in [0.29, 0.717) is 23.9 Å². The topological polar surface area (TPSA) is 351 Å². The number of amides is 2. The first-order valence-electron chi connectivity index (χ1n) is 19.6. The van der Waals surface area contributed by atoms with Crippen molar-refractivity contribution in [2.24, 2.45) is 7.05 Å². The molecule has 2 unspecified atom stereocenters. The maximum atomic E-state index is 13.0. The summed E-state index contributed by atoms with van der Waals surface area (Å²) in [5.41, 5.74) is 5.85. The van der Waals surface area contributed by atoms with Gasteiger partial charge in [-0.3, -0.25) is 23.7 Å². The van der Waals surface area contributed by atoms with Crippen molar-refractivity contribution in [1.82, 2.24) is 25.2 Å². The van der Waals surface area contributed by atoms with Crippen LogP contribution in [0.25, 0.3) is 22.1 Å². The van der Waals surface area contributed by atoms with Crippen LogP contribution in [0.3, 0.4) is 0 Å². The van der Waals surface area contributed by atoms with Crippen LogP contribution < -0.4 is 37.0 Å². The van der Waals surface area contributed by atoms with Crippen molar-refractivity contribution < 1.29 is 75.3 Å². The van der Waals surface area contributed by atoms with Gasteiger partial charge in [-0.25, -0.2) is 28.1 Å². The Hall–Kier alpha value is -5.23. The van der Waals surface area contributed by atoms with Gasteiger partial charge in [0, 0.05) is 48.7 Å². The fraction of sp³-hybridized carbons (Fsp3) is 0.528. The molecule has 2 aliphatic heterocycles. The van der Waals surface area contributed by atoms with Gasteiger partial charge in [0.15, 0.2) is 18.5 Å². The SMILES string of the molecule is CCOC(=O)c1cc2cc3c(cc2oc1=O)N(CCCC(=O)NCCNC(=O)O[C@H]1[C@@H](O)[C@H]([n+]2cn(C)c4c(=O)[nH]c(N)nc42)O[C@@H]1COP(=O)(O)OP(=O)(O)O)C(C)(C)CC3C. The summed E-state index contributed by atoms with van der Waals surface area (Å²) in [6.45, 7) is 7.28. The summed E-state index contributed by atoms with van der Waals surface area (Å²) < 4.78 is 56.2. The maximum Gasteiger partial charge on any atom is 0.481 e. The lowest BCUT2D eigenvalue weighted by Crippen LogP contribution is -2.49. The minimum absolute atomic E-state index is 0.0140. The Morgan fingerprint density at radius 1 is 1.13 bits per heavy atom. The number of ether oxygens (including phenoxy) is 3. The van der Waals surface area contributed by atoms with Crippen LogP contribution in [0.2, 0.25) is 0 Å². The average molecular weight is 928 g/mol. The molecule has 0 aliphatic carbocycles. The monoisotopic (exact) mass is 927 g/mol. The number of imidazole rings is 1. The number of anilines is 2. The smallest absolute Gasteiger partial charge is 0.462 e. The molecule has 1 aromatic carbocycles. The van der Waals surface area contributed by atoms with E-state index in [0.717, 1.165) is 17.7 Å². The number of nitrogens with two attached hydrogens (primary N) is 1. The first-order valence-corrected chi connectivity index (χ1v) is 22.6. The molecule has 0 bridgehead atoms. The molecular formula is C36H49N8O17P2+. The van der Waals surface area contributed by atoms with Gasteiger partial charge < -0.3 is 59.7 Å². The number of aliphatic hydroxyl groups is 1. The van der Waals surface area contributed by atoms with E-state index in [4.69, 9.17) is 38.7 Å². The number of esters is 1. The summed E-state index contributed by atoms with van der Waals surface area (Å²) in [7, 11) is -9.42. The molecule has 63 heavy (non-hydrogen) atoms. The summed E-state index contributed by atoms with van der Waals surface area (Å²) in [5, 5.41) is 17.0. The van der Waals surface area contributed by atoms with Crippen LogP contribution in [-0.4, -0.2) is 109 Å². The van der Waals surface area contributed by atoms with Crippen LogP contribution in [0.1, 0.15) is 75.0 Å². The standard InChI is InChI=1S/C36H48N8O17P2/c1-6-56-32(48)21-13-19-12-20-18(2)15-36(3,4)44(22(20)14-23(19)59-33(21)49)11-7-8-25(45)38-9-10-39-35(50)60-28-24(16-57-63(54,55)61-62(51,52)53)58-31(27(28)46)43-17-42(5)26-29(43)40-34(37)41-30(26)47/h12-14,17-18,24,27-28,31,46H,6-11,15-16H2,1-5H3,(H7-,37,38,39,40,41,45,47,50,51,52,53,54,55)/p+1/t18?,24-,27-,28-,31-/m1/s1. The molecule has 6 rings (SSSR count). The minimum atomic E-state index is -5.50. The number of aromatic amines is 1. The molecule has 1 fully saturated rings. The van der Waals surface area contributed by atoms with Crippen molar-refractivity contribution >= 4 is 67.4 Å². The van der Waals surface area contributed by atoms with Crippen LogP contribution in [-0.2, 0) is 44.0 Å². The van der Waals surface area contributed by atoms with Crippen LogP contribution in [0.15, 0.2) is 38.5 Å². The lowest BCUT2D eigenvalue weighted by Gasteiger charge is -2.47. The molecule has 27 heteroatoms. The third-order valence-corrected chi connectivity index (χ3v) is 12.6. The number of hydrogen-bond acceptors (Lipinski definition) is 17. The summed E-state index contributed by atoms with van der Waals surface area (Å²) in [6, 6.07) is 5.16. The zero-order valence-electron chi connectivity index (χ0n) is 34.7. The summed E-state index contributed by atoms with van der Waals surface area (Å²) in [4.78, 5) is 99.8. The number of nitrogens with zero attached hydrogens (tertiary/aromatic N) is 4. The first-order chi connectivity index (χ1) is 29.5. The number of nitrogens with one attached hydrogen (secondary N) is 3. The molecule has 344 valence electrons. The van der Waals surface area contributed by atoms with Gasteiger partial charge in [-0.15, -0.1) is 0 Å². The first kappa shape index (κ1) is 47.3. The summed E-state index contributed by atoms with van der Waals surface area (Å²) >= 11 is 0. The Kier molecular flexibility index (Phi) is 13.9. The predicted molar refractivity (Wildman–Crippen MR) is 218 cm³/mol.